The third-order valence-electron chi connectivity index (χ3n) is 4.27. The second-order valence-corrected chi connectivity index (χ2v) is 6.53. The molecule has 2 rings (SSSR count). The van der Waals surface area contributed by atoms with Gasteiger partial charge in [-0.1, -0.05) is 19.3 Å². The molecule has 0 radical (unpaired) electrons. The summed E-state index contributed by atoms with van der Waals surface area (Å²) in [6.45, 7) is 0.158. The van der Waals surface area contributed by atoms with E-state index >= 15 is 0 Å². The summed E-state index contributed by atoms with van der Waals surface area (Å²) >= 11 is 3.34. The van der Waals surface area contributed by atoms with Gasteiger partial charge in [0.15, 0.2) is 0 Å². The summed E-state index contributed by atoms with van der Waals surface area (Å²) in [4.78, 5) is 24.0. The SMILES string of the molecule is COc1ccc(Br)c(C(=O)NCC2(C(=O)O)CCCCC2)c1. The fourth-order valence-corrected chi connectivity index (χ4v) is 3.27. The maximum Gasteiger partial charge on any atom is 0.311 e. The lowest BCUT2D eigenvalue weighted by atomic mass is 9.74. The Labute approximate surface area is 138 Å². The lowest BCUT2D eigenvalue weighted by Crippen LogP contribution is -2.44. The normalized spacial score (nSPS) is 16.8. The standard InChI is InChI=1S/C16H20BrNO4/c1-22-11-5-6-13(17)12(9-11)14(19)18-10-16(15(20)21)7-3-2-4-8-16/h5-6,9H,2-4,7-8,10H2,1H3,(H,18,19)(H,20,21). The number of carbonyl (C=O) groups excluding carboxylic acids is 1. The summed E-state index contributed by atoms with van der Waals surface area (Å²) in [5.74, 6) is -0.534. The number of aliphatic carboxylic acids is 1. The molecule has 1 aromatic carbocycles. The molecule has 1 aliphatic carbocycles. The van der Waals surface area contributed by atoms with Crippen molar-refractivity contribution in [3.05, 3.63) is 28.2 Å². The van der Waals surface area contributed by atoms with Gasteiger partial charge >= 0.3 is 5.97 Å². The van der Waals surface area contributed by atoms with Crippen molar-refractivity contribution in [2.75, 3.05) is 13.7 Å². The van der Waals surface area contributed by atoms with Gasteiger partial charge in [0.1, 0.15) is 5.75 Å². The third-order valence-corrected chi connectivity index (χ3v) is 4.96. The first-order chi connectivity index (χ1) is 10.5. The van der Waals surface area contributed by atoms with Gasteiger partial charge in [0.25, 0.3) is 5.91 Å². The number of halogens is 1. The van der Waals surface area contributed by atoms with Crippen LogP contribution in [0.1, 0.15) is 42.5 Å². The molecule has 0 aliphatic heterocycles. The van der Waals surface area contributed by atoms with Gasteiger partial charge in [0.2, 0.25) is 0 Å². The number of rotatable bonds is 5. The summed E-state index contributed by atoms with van der Waals surface area (Å²) in [6, 6.07) is 5.12. The predicted molar refractivity (Wildman–Crippen MR) is 86.2 cm³/mol. The molecule has 2 N–H and O–H groups in total. The van der Waals surface area contributed by atoms with Crippen LogP contribution in [0, 0.1) is 5.41 Å². The van der Waals surface area contributed by atoms with Gasteiger partial charge in [-0.25, -0.2) is 0 Å². The molecule has 1 aromatic rings. The van der Waals surface area contributed by atoms with E-state index in [1.54, 1.807) is 18.2 Å². The lowest BCUT2D eigenvalue weighted by Gasteiger charge is -2.33. The zero-order valence-electron chi connectivity index (χ0n) is 12.5. The van der Waals surface area contributed by atoms with E-state index in [2.05, 4.69) is 21.2 Å². The number of ether oxygens (including phenoxy) is 1. The van der Waals surface area contributed by atoms with Crippen molar-refractivity contribution in [2.24, 2.45) is 5.41 Å². The minimum atomic E-state index is -0.834. The van der Waals surface area contributed by atoms with Gasteiger partial charge < -0.3 is 15.2 Å². The molecule has 0 aromatic heterocycles. The quantitative estimate of drug-likeness (QED) is 0.835. The summed E-state index contributed by atoms with van der Waals surface area (Å²) in [6.07, 6.45) is 4.07. The largest absolute Gasteiger partial charge is 0.497 e. The van der Waals surface area contributed by atoms with Crippen LogP contribution in [-0.4, -0.2) is 30.6 Å². The van der Waals surface area contributed by atoms with Crippen LogP contribution in [0.25, 0.3) is 0 Å². The Morgan fingerprint density at radius 2 is 2.00 bits per heavy atom. The molecular weight excluding hydrogens is 350 g/mol. The van der Waals surface area contributed by atoms with Crippen LogP contribution in [0.2, 0.25) is 0 Å². The van der Waals surface area contributed by atoms with Crippen molar-refractivity contribution >= 4 is 27.8 Å². The summed E-state index contributed by atoms with van der Waals surface area (Å²) in [7, 11) is 1.53. The van der Waals surface area contributed by atoms with Crippen molar-refractivity contribution < 1.29 is 19.4 Å². The van der Waals surface area contributed by atoms with Gasteiger partial charge in [-0.15, -0.1) is 0 Å². The molecule has 0 unspecified atom stereocenters. The minimum Gasteiger partial charge on any atom is -0.497 e. The average molecular weight is 370 g/mol. The number of hydrogen-bond acceptors (Lipinski definition) is 3. The molecule has 1 aliphatic rings. The van der Waals surface area contributed by atoms with Gasteiger partial charge in [0.05, 0.1) is 18.1 Å². The van der Waals surface area contributed by atoms with Crippen molar-refractivity contribution in [3.8, 4) is 5.75 Å². The van der Waals surface area contributed by atoms with E-state index in [1.807, 2.05) is 0 Å². The molecule has 1 amide bonds. The number of carbonyl (C=O) groups is 2. The van der Waals surface area contributed by atoms with E-state index < -0.39 is 11.4 Å². The van der Waals surface area contributed by atoms with Crippen LogP contribution in [0.15, 0.2) is 22.7 Å². The Kier molecular flexibility index (Phi) is 5.45. The number of methoxy groups -OCH3 is 1. The molecular formula is C16H20BrNO4. The molecule has 22 heavy (non-hydrogen) atoms. The van der Waals surface area contributed by atoms with Crippen LogP contribution in [0.5, 0.6) is 5.75 Å². The fourth-order valence-electron chi connectivity index (χ4n) is 2.84. The third kappa shape index (κ3) is 3.61. The molecule has 0 spiro atoms. The van der Waals surface area contributed by atoms with Gasteiger partial charge in [-0.05, 0) is 47.0 Å². The highest BCUT2D eigenvalue weighted by atomic mass is 79.9. The molecule has 1 saturated carbocycles. The maximum absolute atomic E-state index is 12.4. The van der Waals surface area contributed by atoms with Crippen LogP contribution < -0.4 is 10.1 Å². The van der Waals surface area contributed by atoms with E-state index in [0.29, 0.717) is 28.6 Å². The average Bonchev–Trinajstić information content (AvgIpc) is 2.54. The Hall–Kier alpha value is -1.56. The van der Waals surface area contributed by atoms with Crippen molar-refractivity contribution in [1.29, 1.82) is 0 Å². The molecule has 6 heteroatoms. The number of nitrogens with one attached hydrogen (secondary N) is 1. The van der Waals surface area contributed by atoms with Crippen LogP contribution in [0.4, 0.5) is 0 Å². The highest BCUT2D eigenvalue weighted by Crippen LogP contribution is 2.36. The molecule has 5 nitrogen and oxygen atoms in total. The predicted octanol–water partition coefficient (Wildman–Crippen LogP) is 3.22. The molecule has 0 bridgehead atoms. The molecule has 0 atom stereocenters. The second-order valence-electron chi connectivity index (χ2n) is 5.67. The smallest absolute Gasteiger partial charge is 0.311 e. The van der Waals surface area contributed by atoms with Crippen LogP contribution in [-0.2, 0) is 4.79 Å². The maximum atomic E-state index is 12.4. The van der Waals surface area contributed by atoms with Crippen molar-refractivity contribution in [3.63, 3.8) is 0 Å². The molecule has 0 saturated heterocycles. The molecule has 120 valence electrons. The van der Waals surface area contributed by atoms with Gasteiger partial charge in [-0.2, -0.15) is 0 Å². The summed E-state index contributed by atoms with van der Waals surface area (Å²) < 4.78 is 5.77. The van der Waals surface area contributed by atoms with Crippen molar-refractivity contribution in [2.45, 2.75) is 32.1 Å². The number of carboxylic acids is 1. The highest BCUT2D eigenvalue weighted by molar-refractivity contribution is 9.10. The highest BCUT2D eigenvalue weighted by Gasteiger charge is 2.39. The zero-order chi connectivity index (χ0) is 16.2. The van der Waals surface area contributed by atoms with Crippen molar-refractivity contribution in [1.82, 2.24) is 5.32 Å². The second kappa shape index (κ2) is 7.13. The monoisotopic (exact) mass is 369 g/mol. The van der Waals surface area contributed by atoms with Crippen LogP contribution in [0.3, 0.4) is 0 Å². The number of carboxylic acid groups (broad SMARTS) is 1. The number of amides is 1. The molecule has 0 heterocycles. The van der Waals surface area contributed by atoms with Gasteiger partial charge in [-0.3, -0.25) is 9.59 Å². The Bertz CT molecular complexity index is 567. The number of hydrogen-bond donors (Lipinski definition) is 2. The van der Waals surface area contributed by atoms with Gasteiger partial charge in [0, 0.05) is 11.0 Å². The Balaban J connectivity index is 2.10. The zero-order valence-corrected chi connectivity index (χ0v) is 14.1. The lowest BCUT2D eigenvalue weighted by molar-refractivity contribution is -0.150. The first-order valence-corrected chi connectivity index (χ1v) is 8.13. The van der Waals surface area contributed by atoms with E-state index in [0.717, 1.165) is 19.3 Å². The summed E-state index contributed by atoms with van der Waals surface area (Å²) in [5.41, 5.74) is -0.394. The van der Waals surface area contributed by atoms with Crippen LogP contribution >= 0.6 is 15.9 Å². The van der Waals surface area contributed by atoms with E-state index in [1.165, 1.54) is 7.11 Å². The summed E-state index contributed by atoms with van der Waals surface area (Å²) in [5, 5.41) is 12.3. The first-order valence-electron chi connectivity index (χ1n) is 7.34. The van der Waals surface area contributed by atoms with E-state index in [-0.39, 0.29) is 12.5 Å². The minimum absolute atomic E-state index is 0.158. The van der Waals surface area contributed by atoms with E-state index in [4.69, 9.17) is 4.74 Å². The van der Waals surface area contributed by atoms with E-state index in [9.17, 15) is 14.7 Å². The first kappa shape index (κ1) is 16.8. The fraction of sp³-hybridized carbons (Fsp3) is 0.500. The Morgan fingerprint density at radius 1 is 1.32 bits per heavy atom. The topological polar surface area (TPSA) is 75.6 Å². The Morgan fingerprint density at radius 3 is 2.59 bits per heavy atom. The molecule has 1 fully saturated rings. The number of benzene rings is 1.